The van der Waals surface area contributed by atoms with Gasteiger partial charge in [-0.2, -0.15) is 0 Å². The highest BCUT2D eigenvalue weighted by Crippen LogP contribution is 2.22. The monoisotopic (exact) mass is 323 g/mol. The lowest BCUT2D eigenvalue weighted by Gasteiger charge is -2.15. The second-order valence-electron chi connectivity index (χ2n) is 4.64. The fraction of sp³-hybridized carbons (Fsp3) is 0.133. The number of amides is 2. The molecule has 0 aliphatic heterocycles. The number of rotatable bonds is 3. The number of urea groups is 1. The van der Waals surface area contributed by atoms with Gasteiger partial charge in [0.1, 0.15) is 0 Å². The zero-order valence-electron chi connectivity index (χ0n) is 11.4. The Balaban J connectivity index is 1.99. The van der Waals surface area contributed by atoms with Crippen LogP contribution >= 0.6 is 23.2 Å². The predicted molar refractivity (Wildman–Crippen MR) is 87.9 cm³/mol. The lowest BCUT2D eigenvalue weighted by Crippen LogP contribution is -2.31. The maximum atomic E-state index is 12.0. The lowest BCUT2D eigenvalue weighted by molar-refractivity contribution is 0.249. The molecule has 2 aromatic rings. The van der Waals surface area contributed by atoms with Gasteiger partial charge >= 0.3 is 6.03 Å². The minimum Gasteiger partial charge on any atom is -0.399 e. The van der Waals surface area contributed by atoms with Crippen molar-refractivity contribution in [2.45, 2.75) is 13.0 Å². The van der Waals surface area contributed by atoms with Gasteiger partial charge in [0.25, 0.3) is 0 Å². The normalized spacial score (nSPS) is 11.8. The molecule has 0 fully saturated rings. The van der Waals surface area contributed by atoms with Gasteiger partial charge in [-0.15, -0.1) is 0 Å². The fourth-order valence-corrected chi connectivity index (χ4v) is 2.38. The van der Waals surface area contributed by atoms with Crippen molar-refractivity contribution >= 4 is 40.6 Å². The van der Waals surface area contributed by atoms with Crippen molar-refractivity contribution in [3.05, 3.63) is 58.1 Å². The summed E-state index contributed by atoms with van der Waals surface area (Å²) in [4.78, 5) is 12.0. The van der Waals surface area contributed by atoms with Gasteiger partial charge in [0, 0.05) is 21.4 Å². The van der Waals surface area contributed by atoms with Crippen LogP contribution in [0.3, 0.4) is 0 Å². The molecule has 110 valence electrons. The molecule has 2 rings (SSSR count). The van der Waals surface area contributed by atoms with Crippen molar-refractivity contribution in [3.63, 3.8) is 0 Å². The third kappa shape index (κ3) is 4.55. The van der Waals surface area contributed by atoms with Crippen molar-refractivity contribution in [3.8, 4) is 0 Å². The number of hydrogen-bond acceptors (Lipinski definition) is 2. The third-order valence-electron chi connectivity index (χ3n) is 2.90. The van der Waals surface area contributed by atoms with E-state index < -0.39 is 0 Å². The number of carbonyl (C=O) groups is 1. The molecular formula is C15H15Cl2N3O. The second-order valence-corrected chi connectivity index (χ2v) is 5.52. The van der Waals surface area contributed by atoms with Crippen LogP contribution in [-0.2, 0) is 0 Å². The van der Waals surface area contributed by atoms with Crippen molar-refractivity contribution in [1.29, 1.82) is 0 Å². The van der Waals surface area contributed by atoms with Crippen molar-refractivity contribution in [2.24, 2.45) is 0 Å². The summed E-state index contributed by atoms with van der Waals surface area (Å²) in [7, 11) is 0. The Bertz CT molecular complexity index is 624. The molecule has 1 unspecified atom stereocenters. The number of carbonyl (C=O) groups excluding carboxylic acids is 1. The summed E-state index contributed by atoms with van der Waals surface area (Å²) in [5.74, 6) is 0. The molecule has 2 amide bonds. The summed E-state index contributed by atoms with van der Waals surface area (Å²) < 4.78 is 0. The summed E-state index contributed by atoms with van der Waals surface area (Å²) in [6.45, 7) is 1.88. The van der Waals surface area contributed by atoms with E-state index in [-0.39, 0.29) is 12.1 Å². The Kier molecular flexibility index (Phi) is 4.94. The van der Waals surface area contributed by atoms with E-state index >= 15 is 0 Å². The molecule has 0 aliphatic rings. The first-order valence-corrected chi connectivity index (χ1v) is 7.08. The zero-order chi connectivity index (χ0) is 15.4. The van der Waals surface area contributed by atoms with Crippen LogP contribution in [0.5, 0.6) is 0 Å². The van der Waals surface area contributed by atoms with Crippen LogP contribution in [0.15, 0.2) is 42.5 Å². The van der Waals surface area contributed by atoms with Crippen LogP contribution in [0.1, 0.15) is 18.5 Å². The first kappa shape index (κ1) is 15.5. The van der Waals surface area contributed by atoms with Gasteiger partial charge in [0.15, 0.2) is 0 Å². The lowest BCUT2D eigenvalue weighted by atomic mass is 10.1. The third-order valence-corrected chi connectivity index (χ3v) is 3.34. The molecule has 2 aromatic carbocycles. The summed E-state index contributed by atoms with van der Waals surface area (Å²) in [6, 6.07) is 11.7. The fourth-order valence-electron chi connectivity index (χ4n) is 1.86. The zero-order valence-corrected chi connectivity index (χ0v) is 12.9. The van der Waals surface area contributed by atoms with Gasteiger partial charge in [-0.05, 0) is 42.8 Å². The van der Waals surface area contributed by atoms with E-state index in [4.69, 9.17) is 28.9 Å². The highest BCUT2D eigenvalue weighted by atomic mass is 35.5. The number of halogens is 2. The van der Waals surface area contributed by atoms with E-state index in [0.29, 0.717) is 21.4 Å². The standard InChI is InChI=1S/C15H15Cl2N3O/c1-9(10-2-4-13(18)5-3-10)19-15(21)20-14-7-11(16)6-12(17)8-14/h2-9H,18H2,1H3,(H2,19,20,21). The average Bonchev–Trinajstić information content (AvgIpc) is 2.37. The first-order valence-electron chi connectivity index (χ1n) is 6.33. The van der Waals surface area contributed by atoms with E-state index in [1.54, 1.807) is 30.3 Å². The minimum absolute atomic E-state index is 0.153. The Hall–Kier alpha value is -1.91. The molecule has 6 heteroatoms. The van der Waals surface area contributed by atoms with Gasteiger partial charge in [-0.3, -0.25) is 0 Å². The van der Waals surface area contributed by atoms with E-state index in [1.807, 2.05) is 19.1 Å². The number of anilines is 2. The van der Waals surface area contributed by atoms with Crippen molar-refractivity contribution in [1.82, 2.24) is 5.32 Å². The minimum atomic E-state index is -0.336. The van der Waals surface area contributed by atoms with Crippen molar-refractivity contribution in [2.75, 3.05) is 11.1 Å². The molecule has 0 spiro atoms. The molecule has 0 radical (unpaired) electrons. The number of hydrogen-bond donors (Lipinski definition) is 3. The van der Waals surface area contributed by atoms with E-state index in [2.05, 4.69) is 10.6 Å². The molecule has 0 aromatic heterocycles. The maximum Gasteiger partial charge on any atom is 0.319 e. The van der Waals surface area contributed by atoms with Gasteiger partial charge in [-0.25, -0.2) is 4.79 Å². The average molecular weight is 324 g/mol. The molecule has 21 heavy (non-hydrogen) atoms. The molecule has 0 aliphatic carbocycles. The summed E-state index contributed by atoms with van der Waals surface area (Å²) in [6.07, 6.45) is 0. The molecule has 4 nitrogen and oxygen atoms in total. The quantitative estimate of drug-likeness (QED) is 0.730. The highest BCUT2D eigenvalue weighted by Gasteiger charge is 2.10. The van der Waals surface area contributed by atoms with Crippen LogP contribution < -0.4 is 16.4 Å². The molecule has 0 bridgehead atoms. The Morgan fingerprint density at radius 3 is 2.24 bits per heavy atom. The molecule has 4 N–H and O–H groups in total. The SMILES string of the molecule is CC(NC(=O)Nc1cc(Cl)cc(Cl)c1)c1ccc(N)cc1. The largest absolute Gasteiger partial charge is 0.399 e. The number of nitrogen functional groups attached to an aromatic ring is 1. The Morgan fingerprint density at radius 1 is 1.10 bits per heavy atom. The van der Waals surface area contributed by atoms with Crippen LogP contribution in [0, 0.1) is 0 Å². The molecular weight excluding hydrogens is 309 g/mol. The van der Waals surface area contributed by atoms with Crippen molar-refractivity contribution < 1.29 is 4.79 Å². The summed E-state index contributed by atoms with van der Waals surface area (Å²) in [5, 5.41) is 6.44. The van der Waals surface area contributed by atoms with E-state index in [9.17, 15) is 4.79 Å². The number of benzene rings is 2. The first-order chi connectivity index (χ1) is 9.94. The van der Waals surface area contributed by atoms with E-state index in [0.717, 1.165) is 5.56 Å². The van der Waals surface area contributed by atoms with Crippen LogP contribution in [-0.4, -0.2) is 6.03 Å². The topological polar surface area (TPSA) is 67.2 Å². The molecule has 1 atom stereocenters. The Morgan fingerprint density at radius 2 is 1.67 bits per heavy atom. The van der Waals surface area contributed by atoms with Gasteiger partial charge in [-0.1, -0.05) is 35.3 Å². The smallest absolute Gasteiger partial charge is 0.319 e. The molecule has 0 heterocycles. The molecule has 0 saturated carbocycles. The number of nitrogens with one attached hydrogen (secondary N) is 2. The van der Waals surface area contributed by atoms with Gasteiger partial charge in [0.2, 0.25) is 0 Å². The second kappa shape index (κ2) is 6.70. The molecule has 0 saturated heterocycles. The van der Waals surface area contributed by atoms with Gasteiger partial charge < -0.3 is 16.4 Å². The van der Waals surface area contributed by atoms with Crippen LogP contribution in [0.4, 0.5) is 16.2 Å². The van der Waals surface area contributed by atoms with E-state index in [1.165, 1.54) is 0 Å². The van der Waals surface area contributed by atoms with Crippen LogP contribution in [0.2, 0.25) is 10.0 Å². The van der Waals surface area contributed by atoms with Gasteiger partial charge in [0.05, 0.1) is 6.04 Å². The summed E-state index contributed by atoms with van der Waals surface area (Å²) in [5.41, 5.74) is 7.82. The Labute approximate surface area is 133 Å². The predicted octanol–water partition coefficient (Wildman–Crippen LogP) is 4.46. The maximum absolute atomic E-state index is 12.0. The number of nitrogens with two attached hydrogens (primary N) is 1. The highest BCUT2D eigenvalue weighted by molar-refractivity contribution is 6.35. The van der Waals surface area contributed by atoms with Crippen LogP contribution in [0.25, 0.3) is 0 Å². The summed E-state index contributed by atoms with van der Waals surface area (Å²) >= 11 is 11.8.